The maximum absolute atomic E-state index is 12.4. The van der Waals surface area contributed by atoms with E-state index in [1.165, 1.54) is 0 Å². The molecular weight excluding hydrogens is 280 g/mol. The van der Waals surface area contributed by atoms with Crippen molar-refractivity contribution in [3.05, 3.63) is 29.8 Å². The molecule has 22 heavy (non-hydrogen) atoms. The molecule has 0 aliphatic heterocycles. The zero-order valence-electron chi connectivity index (χ0n) is 12.8. The Hall–Kier alpha value is -2.39. The van der Waals surface area contributed by atoms with Crippen LogP contribution in [0.25, 0.3) is 0 Å². The van der Waals surface area contributed by atoms with Crippen molar-refractivity contribution in [1.82, 2.24) is 10.2 Å². The van der Waals surface area contributed by atoms with Gasteiger partial charge in [0.25, 0.3) is 0 Å². The van der Waals surface area contributed by atoms with Gasteiger partial charge in [0.15, 0.2) is 0 Å². The Bertz CT molecular complexity index is 615. The highest BCUT2D eigenvalue weighted by atomic mass is 16.2. The number of likely N-dealkylation sites (N-methyl/N-ethyl adjacent to an activating group) is 1. The third-order valence-electron chi connectivity index (χ3n) is 3.76. The van der Waals surface area contributed by atoms with Crippen molar-refractivity contribution in [3.8, 4) is 6.07 Å². The van der Waals surface area contributed by atoms with Crippen LogP contribution < -0.4 is 10.6 Å². The van der Waals surface area contributed by atoms with Gasteiger partial charge >= 0.3 is 0 Å². The molecule has 1 aromatic carbocycles. The van der Waals surface area contributed by atoms with Crippen molar-refractivity contribution in [2.75, 3.05) is 32.5 Å². The molecule has 0 bridgehead atoms. The molecule has 6 heteroatoms. The molecule has 1 aliphatic carbocycles. The molecule has 0 atom stereocenters. The number of nitriles is 1. The fourth-order valence-electron chi connectivity index (χ4n) is 2.18. The van der Waals surface area contributed by atoms with E-state index in [4.69, 9.17) is 5.26 Å². The summed E-state index contributed by atoms with van der Waals surface area (Å²) in [6, 6.07) is 8.80. The van der Waals surface area contributed by atoms with Gasteiger partial charge in [-0.2, -0.15) is 5.26 Å². The van der Waals surface area contributed by atoms with Gasteiger partial charge in [-0.05, 0) is 39.1 Å². The van der Waals surface area contributed by atoms with E-state index < -0.39 is 5.41 Å². The SMILES string of the molecule is CN(C)CCNC(=O)C1(C(=O)Nc2ccccc2C#N)CC1. The molecule has 2 amide bonds. The minimum Gasteiger partial charge on any atom is -0.354 e. The summed E-state index contributed by atoms with van der Waals surface area (Å²) in [6.07, 6.45) is 1.09. The van der Waals surface area contributed by atoms with Gasteiger partial charge in [0.2, 0.25) is 11.8 Å². The highest BCUT2D eigenvalue weighted by molar-refractivity contribution is 6.13. The summed E-state index contributed by atoms with van der Waals surface area (Å²) in [6.45, 7) is 1.23. The quantitative estimate of drug-likeness (QED) is 0.766. The molecule has 1 saturated carbocycles. The van der Waals surface area contributed by atoms with Crippen LogP contribution in [0.1, 0.15) is 18.4 Å². The maximum atomic E-state index is 12.4. The van der Waals surface area contributed by atoms with Gasteiger partial charge in [-0.15, -0.1) is 0 Å². The van der Waals surface area contributed by atoms with Crippen LogP contribution in [0.4, 0.5) is 5.69 Å². The summed E-state index contributed by atoms with van der Waals surface area (Å²) in [5.74, 6) is -0.571. The molecule has 6 nitrogen and oxygen atoms in total. The van der Waals surface area contributed by atoms with E-state index >= 15 is 0 Å². The monoisotopic (exact) mass is 300 g/mol. The number of carbonyl (C=O) groups excluding carboxylic acids is 2. The lowest BCUT2D eigenvalue weighted by atomic mass is 10.0. The average molecular weight is 300 g/mol. The van der Waals surface area contributed by atoms with Gasteiger partial charge in [-0.25, -0.2) is 0 Å². The number of amides is 2. The van der Waals surface area contributed by atoms with E-state index in [1.54, 1.807) is 24.3 Å². The smallest absolute Gasteiger partial charge is 0.240 e. The normalized spacial score (nSPS) is 15.0. The van der Waals surface area contributed by atoms with Crippen LogP contribution in [0.15, 0.2) is 24.3 Å². The fourth-order valence-corrected chi connectivity index (χ4v) is 2.18. The summed E-state index contributed by atoms with van der Waals surface area (Å²) in [7, 11) is 3.84. The Morgan fingerprint density at radius 3 is 2.55 bits per heavy atom. The fraction of sp³-hybridized carbons (Fsp3) is 0.438. The summed E-state index contributed by atoms with van der Waals surface area (Å²) in [5.41, 5.74) is -0.142. The van der Waals surface area contributed by atoms with E-state index in [2.05, 4.69) is 10.6 Å². The van der Waals surface area contributed by atoms with Crippen LogP contribution in [-0.4, -0.2) is 43.9 Å². The molecule has 0 unspecified atom stereocenters. The molecule has 0 spiro atoms. The number of rotatable bonds is 6. The lowest BCUT2D eigenvalue weighted by Crippen LogP contribution is -2.42. The zero-order valence-corrected chi connectivity index (χ0v) is 12.8. The van der Waals surface area contributed by atoms with Gasteiger partial charge in [0.05, 0.1) is 11.3 Å². The standard InChI is InChI=1S/C16H20N4O2/c1-20(2)10-9-18-14(21)16(7-8-16)15(22)19-13-6-4-3-5-12(13)11-17/h3-6H,7-10H2,1-2H3,(H,18,21)(H,19,22). The number of hydrogen-bond donors (Lipinski definition) is 2. The Kier molecular flexibility index (Phi) is 4.78. The molecule has 0 saturated heterocycles. The van der Waals surface area contributed by atoms with Crippen molar-refractivity contribution in [3.63, 3.8) is 0 Å². The highest BCUT2D eigenvalue weighted by Gasteiger charge is 2.56. The molecule has 1 aromatic rings. The predicted molar refractivity (Wildman–Crippen MR) is 83.0 cm³/mol. The second-order valence-electron chi connectivity index (χ2n) is 5.75. The third-order valence-corrected chi connectivity index (χ3v) is 3.76. The summed E-state index contributed by atoms with van der Waals surface area (Å²) in [4.78, 5) is 26.6. The minimum atomic E-state index is -0.977. The van der Waals surface area contributed by atoms with Crippen molar-refractivity contribution in [1.29, 1.82) is 5.26 Å². The Balaban J connectivity index is 2.00. The van der Waals surface area contributed by atoms with E-state index in [1.807, 2.05) is 25.1 Å². The Labute approximate surface area is 130 Å². The van der Waals surface area contributed by atoms with Crippen LogP contribution >= 0.6 is 0 Å². The van der Waals surface area contributed by atoms with Crippen molar-refractivity contribution in [2.45, 2.75) is 12.8 Å². The molecule has 2 N–H and O–H groups in total. The van der Waals surface area contributed by atoms with Crippen molar-refractivity contribution in [2.24, 2.45) is 5.41 Å². The summed E-state index contributed by atoms with van der Waals surface area (Å²) in [5, 5.41) is 14.6. The molecule has 116 valence electrons. The van der Waals surface area contributed by atoms with Gasteiger partial charge < -0.3 is 15.5 Å². The number of para-hydroxylation sites is 1. The van der Waals surface area contributed by atoms with Crippen LogP contribution in [0.2, 0.25) is 0 Å². The molecule has 0 heterocycles. The first-order valence-corrected chi connectivity index (χ1v) is 7.23. The molecule has 0 radical (unpaired) electrons. The number of hydrogen-bond acceptors (Lipinski definition) is 4. The van der Waals surface area contributed by atoms with Crippen molar-refractivity contribution < 1.29 is 9.59 Å². The second kappa shape index (κ2) is 6.58. The van der Waals surface area contributed by atoms with E-state index in [0.29, 0.717) is 30.6 Å². The van der Waals surface area contributed by atoms with Gasteiger partial charge in [-0.1, -0.05) is 12.1 Å². The number of nitrogens with one attached hydrogen (secondary N) is 2. The molecular formula is C16H20N4O2. The Morgan fingerprint density at radius 2 is 1.95 bits per heavy atom. The number of carbonyl (C=O) groups is 2. The first-order chi connectivity index (χ1) is 10.5. The minimum absolute atomic E-state index is 0.235. The van der Waals surface area contributed by atoms with Gasteiger partial charge in [-0.3, -0.25) is 9.59 Å². The van der Waals surface area contributed by atoms with E-state index in [9.17, 15) is 9.59 Å². The number of anilines is 1. The summed E-state index contributed by atoms with van der Waals surface area (Å²) < 4.78 is 0. The maximum Gasteiger partial charge on any atom is 0.240 e. The third kappa shape index (κ3) is 3.43. The van der Waals surface area contributed by atoms with Crippen LogP contribution in [0.5, 0.6) is 0 Å². The molecule has 2 rings (SSSR count). The first-order valence-electron chi connectivity index (χ1n) is 7.23. The average Bonchev–Trinajstić information content (AvgIpc) is 3.29. The van der Waals surface area contributed by atoms with Crippen molar-refractivity contribution >= 4 is 17.5 Å². The zero-order chi connectivity index (χ0) is 16.2. The summed E-state index contributed by atoms with van der Waals surface area (Å²) >= 11 is 0. The van der Waals surface area contributed by atoms with Crippen LogP contribution in [0, 0.1) is 16.7 Å². The second-order valence-corrected chi connectivity index (χ2v) is 5.75. The van der Waals surface area contributed by atoms with Crippen LogP contribution in [-0.2, 0) is 9.59 Å². The van der Waals surface area contributed by atoms with Gasteiger partial charge in [0, 0.05) is 13.1 Å². The highest BCUT2D eigenvalue weighted by Crippen LogP contribution is 2.46. The number of nitrogens with zero attached hydrogens (tertiary/aromatic N) is 2. The van der Waals surface area contributed by atoms with Crippen LogP contribution in [0.3, 0.4) is 0 Å². The lowest BCUT2D eigenvalue weighted by Gasteiger charge is -2.17. The van der Waals surface area contributed by atoms with E-state index in [0.717, 1.165) is 6.54 Å². The molecule has 1 aliphatic rings. The molecule has 1 fully saturated rings. The predicted octanol–water partition coefficient (Wildman–Crippen LogP) is 0.955. The molecule has 0 aromatic heterocycles. The van der Waals surface area contributed by atoms with Gasteiger partial charge in [0.1, 0.15) is 11.5 Å². The largest absolute Gasteiger partial charge is 0.354 e. The lowest BCUT2D eigenvalue weighted by molar-refractivity contribution is -0.134. The number of benzene rings is 1. The topological polar surface area (TPSA) is 85.2 Å². The first kappa shape index (κ1) is 16.0. The van der Waals surface area contributed by atoms with E-state index in [-0.39, 0.29) is 11.8 Å². The Morgan fingerprint density at radius 1 is 1.27 bits per heavy atom.